The molecule has 5 heteroatoms. The summed E-state index contributed by atoms with van der Waals surface area (Å²) in [5, 5.41) is 0. The highest BCUT2D eigenvalue weighted by atomic mass is 15.3. The van der Waals surface area contributed by atoms with Crippen LogP contribution in [0.3, 0.4) is 0 Å². The number of piperazine rings is 1. The van der Waals surface area contributed by atoms with Crippen LogP contribution in [0.15, 0.2) is 36.7 Å². The van der Waals surface area contributed by atoms with Crippen LogP contribution in [0.5, 0.6) is 0 Å². The molecule has 144 valence electrons. The summed E-state index contributed by atoms with van der Waals surface area (Å²) in [7, 11) is 2.23. The Labute approximate surface area is 163 Å². The Kier molecular flexibility index (Phi) is 5.41. The van der Waals surface area contributed by atoms with Crippen molar-refractivity contribution in [1.82, 2.24) is 19.8 Å². The van der Waals surface area contributed by atoms with E-state index in [0.717, 1.165) is 49.8 Å². The Bertz CT molecular complexity index is 724. The van der Waals surface area contributed by atoms with Crippen LogP contribution in [0.25, 0.3) is 11.3 Å². The molecular weight excluding hydrogens is 334 g/mol. The van der Waals surface area contributed by atoms with Crippen molar-refractivity contribution >= 4 is 5.82 Å². The van der Waals surface area contributed by atoms with Gasteiger partial charge in [0.15, 0.2) is 0 Å². The molecule has 2 aliphatic rings. The number of likely N-dealkylation sites (N-methyl/N-ethyl adjacent to an activating group) is 1. The third-order valence-corrected chi connectivity index (χ3v) is 6.16. The number of anilines is 1. The number of aromatic nitrogens is 2. The van der Waals surface area contributed by atoms with Crippen LogP contribution in [-0.2, 0) is 6.54 Å². The molecule has 0 spiro atoms. The van der Waals surface area contributed by atoms with Crippen LogP contribution in [0, 0.1) is 0 Å². The van der Waals surface area contributed by atoms with Gasteiger partial charge in [-0.2, -0.15) is 0 Å². The number of hydrogen-bond acceptors (Lipinski definition) is 5. The zero-order valence-electron chi connectivity index (χ0n) is 16.8. The molecule has 3 heterocycles. The number of benzene rings is 1. The smallest absolute Gasteiger partial charge is 0.147 e. The third kappa shape index (κ3) is 4.14. The van der Waals surface area contributed by atoms with Crippen LogP contribution >= 0.6 is 0 Å². The van der Waals surface area contributed by atoms with E-state index in [4.69, 9.17) is 0 Å². The van der Waals surface area contributed by atoms with E-state index in [1.807, 2.05) is 12.4 Å². The van der Waals surface area contributed by atoms with E-state index in [-0.39, 0.29) is 0 Å². The quantitative estimate of drug-likeness (QED) is 0.831. The summed E-state index contributed by atoms with van der Waals surface area (Å²) in [6.07, 6.45) is 6.35. The summed E-state index contributed by atoms with van der Waals surface area (Å²) in [6, 6.07) is 10.0. The van der Waals surface area contributed by atoms with E-state index in [1.165, 1.54) is 18.4 Å². The SMILES string of the molecule is C[C@@H]1CN(Cc2ccc(-c3cnc(N4CCCC4)cn3)cc2)C[C@H](C)N1C. The molecule has 2 atom stereocenters. The fourth-order valence-corrected chi connectivity index (χ4v) is 4.26. The molecule has 0 N–H and O–H groups in total. The molecule has 2 aliphatic heterocycles. The highest BCUT2D eigenvalue weighted by Gasteiger charge is 2.26. The zero-order valence-corrected chi connectivity index (χ0v) is 16.8. The highest BCUT2D eigenvalue weighted by Crippen LogP contribution is 2.22. The van der Waals surface area contributed by atoms with Gasteiger partial charge in [-0.15, -0.1) is 0 Å². The van der Waals surface area contributed by atoms with Crippen molar-refractivity contribution in [3.63, 3.8) is 0 Å². The first kappa shape index (κ1) is 18.4. The first-order valence-corrected chi connectivity index (χ1v) is 10.2. The lowest BCUT2D eigenvalue weighted by Crippen LogP contribution is -2.54. The monoisotopic (exact) mass is 365 g/mol. The van der Waals surface area contributed by atoms with Gasteiger partial charge in [0.05, 0.1) is 18.1 Å². The van der Waals surface area contributed by atoms with Gasteiger partial charge >= 0.3 is 0 Å². The standard InChI is InChI=1S/C22H31N5/c1-17-14-26(15-18(2)25(17)3)16-19-6-8-20(9-7-19)21-12-24-22(13-23-21)27-10-4-5-11-27/h6-9,12-13,17-18H,4-5,10-11,14-16H2,1-3H3/t17-,18+. The van der Waals surface area contributed by atoms with Crippen molar-refractivity contribution < 1.29 is 0 Å². The normalized spacial score (nSPS) is 24.5. The minimum absolute atomic E-state index is 0.609. The maximum atomic E-state index is 4.65. The van der Waals surface area contributed by atoms with E-state index < -0.39 is 0 Å². The lowest BCUT2D eigenvalue weighted by atomic mass is 10.1. The summed E-state index contributed by atoms with van der Waals surface area (Å²) >= 11 is 0. The van der Waals surface area contributed by atoms with Crippen LogP contribution in [0.2, 0.25) is 0 Å². The minimum Gasteiger partial charge on any atom is -0.355 e. The second-order valence-electron chi connectivity index (χ2n) is 8.21. The highest BCUT2D eigenvalue weighted by molar-refractivity contribution is 5.59. The second kappa shape index (κ2) is 7.95. The average Bonchev–Trinajstić information content (AvgIpc) is 3.22. The molecule has 4 rings (SSSR count). The van der Waals surface area contributed by atoms with Crippen molar-refractivity contribution in [3.8, 4) is 11.3 Å². The molecule has 27 heavy (non-hydrogen) atoms. The van der Waals surface area contributed by atoms with Crippen molar-refractivity contribution in [2.45, 2.75) is 45.3 Å². The first-order chi connectivity index (χ1) is 13.1. The van der Waals surface area contributed by atoms with Crippen LogP contribution in [0.1, 0.15) is 32.3 Å². The summed E-state index contributed by atoms with van der Waals surface area (Å²) < 4.78 is 0. The van der Waals surface area contributed by atoms with Gasteiger partial charge in [0.2, 0.25) is 0 Å². The van der Waals surface area contributed by atoms with E-state index in [1.54, 1.807) is 0 Å². The van der Waals surface area contributed by atoms with Gasteiger partial charge in [-0.25, -0.2) is 4.98 Å². The largest absolute Gasteiger partial charge is 0.355 e. The molecule has 2 aromatic rings. The average molecular weight is 366 g/mol. The molecule has 0 aliphatic carbocycles. The van der Waals surface area contributed by atoms with E-state index in [0.29, 0.717) is 12.1 Å². The van der Waals surface area contributed by atoms with Crippen molar-refractivity contribution in [1.29, 1.82) is 0 Å². The first-order valence-electron chi connectivity index (χ1n) is 10.2. The summed E-state index contributed by atoms with van der Waals surface area (Å²) in [5.74, 6) is 1.01. The van der Waals surface area contributed by atoms with Gasteiger partial charge in [0, 0.05) is 50.4 Å². The molecule has 0 saturated carbocycles. The summed E-state index contributed by atoms with van der Waals surface area (Å²) in [6.45, 7) is 10.1. The van der Waals surface area contributed by atoms with Crippen LogP contribution in [0.4, 0.5) is 5.82 Å². The summed E-state index contributed by atoms with van der Waals surface area (Å²) in [5.41, 5.74) is 3.45. The molecule has 2 fully saturated rings. The van der Waals surface area contributed by atoms with E-state index in [2.05, 4.69) is 69.8 Å². The molecule has 1 aromatic heterocycles. The number of rotatable bonds is 4. The topological polar surface area (TPSA) is 35.5 Å². The number of nitrogens with zero attached hydrogens (tertiary/aromatic N) is 5. The van der Waals surface area contributed by atoms with Gasteiger partial charge in [-0.1, -0.05) is 24.3 Å². The van der Waals surface area contributed by atoms with Crippen LogP contribution < -0.4 is 4.90 Å². The zero-order chi connectivity index (χ0) is 18.8. The Morgan fingerprint density at radius 2 is 1.59 bits per heavy atom. The second-order valence-corrected chi connectivity index (χ2v) is 8.21. The van der Waals surface area contributed by atoms with Gasteiger partial charge in [-0.3, -0.25) is 14.8 Å². The third-order valence-electron chi connectivity index (χ3n) is 6.16. The fraction of sp³-hybridized carbons (Fsp3) is 0.545. The fourth-order valence-electron chi connectivity index (χ4n) is 4.26. The van der Waals surface area contributed by atoms with Gasteiger partial charge < -0.3 is 4.90 Å². The maximum absolute atomic E-state index is 4.65. The lowest BCUT2D eigenvalue weighted by Gasteiger charge is -2.42. The van der Waals surface area contributed by atoms with Gasteiger partial charge in [-0.05, 0) is 39.3 Å². The molecule has 2 saturated heterocycles. The Morgan fingerprint density at radius 3 is 2.19 bits per heavy atom. The number of hydrogen-bond donors (Lipinski definition) is 0. The van der Waals surface area contributed by atoms with E-state index >= 15 is 0 Å². The molecule has 1 aromatic carbocycles. The Balaban J connectivity index is 1.40. The summed E-state index contributed by atoms with van der Waals surface area (Å²) in [4.78, 5) is 16.6. The van der Waals surface area contributed by atoms with Gasteiger partial charge in [0.1, 0.15) is 5.82 Å². The maximum Gasteiger partial charge on any atom is 0.147 e. The molecular formula is C22H31N5. The van der Waals surface area contributed by atoms with Crippen molar-refractivity contribution in [2.24, 2.45) is 0 Å². The molecule has 0 amide bonds. The molecule has 0 bridgehead atoms. The molecule has 0 radical (unpaired) electrons. The van der Waals surface area contributed by atoms with Crippen molar-refractivity contribution in [2.75, 3.05) is 38.1 Å². The van der Waals surface area contributed by atoms with E-state index in [9.17, 15) is 0 Å². The Morgan fingerprint density at radius 1 is 0.926 bits per heavy atom. The van der Waals surface area contributed by atoms with Gasteiger partial charge in [0.25, 0.3) is 0 Å². The molecule has 0 unspecified atom stereocenters. The Hall–Kier alpha value is -1.98. The predicted octanol–water partition coefficient (Wildman–Crippen LogP) is 3.27. The molecule has 5 nitrogen and oxygen atoms in total. The minimum atomic E-state index is 0.609. The predicted molar refractivity (Wildman–Crippen MR) is 111 cm³/mol. The lowest BCUT2D eigenvalue weighted by molar-refractivity contribution is 0.0556. The van der Waals surface area contributed by atoms with Crippen molar-refractivity contribution in [3.05, 3.63) is 42.2 Å². The van der Waals surface area contributed by atoms with Crippen LogP contribution in [-0.4, -0.2) is 65.1 Å².